The molecule has 26 heavy (non-hydrogen) atoms. The minimum atomic E-state index is -0.922. The maximum absolute atomic E-state index is 12.2. The van der Waals surface area contributed by atoms with Gasteiger partial charge in [-0.05, 0) is 38.7 Å². The molecule has 0 aliphatic carbocycles. The summed E-state index contributed by atoms with van der Waals surface area (Å²) in [7, 11) is 0. The lowest BCUT2D eigenvalue weighted by atomic mass is 9.91. The number of nitrogens with one attached hydrogen (secondary N) is 1. The normalized spacial score (nSPS) is 16.7. The third-order valence-electron chi connectivity index (χ3n) is 3.84. The summed E-state index contributed by atoms with van der Waals surface area (Å²) in [4.78, 5) is 12.2. The number of benzene rings is 1. The van der Waals surface area contributed by atoms with Crippen molar-refractivity contribution < 1.29 is 24.1 Å². The maximum Gasteiger partial charge on any atom is 0.407 e. The Morgan fingerprint density at radius 3 is 2.42 bits per heavy atom. The van der Waals surface area contributed by atoms with Crippen LogP contribution in [0.5, 0.6) is 0 Å². The molecule has 0 fully saturated rings. The highest BCUT2D eigenvalue weighted by Gasteiger charge is 2.30. The quantitative estimate of drug-likeness (QED) is 0.793. The van der Waals surface area contributed by atoms with E-state index >= 15 is 0 Å². The van der Waals surface area contributed by atoms with Crippen molar-refractivity contribution in [1.82, 2.24) is 5.32 Å². The Kier molecular flexibility index (Phi) is 6.53. The Morgan fingerprint density at radius 2 is 1.85 bits per heavy atom. The van der Waals surface area contributed by atoms with Gasteiger partial charge in [-0.1, -0.05) is 38.1 Å². The highest BCUT2D eigenvalue weighted by molar-refractivity contribution is 5.68. The molecule has 2 N–H and O–H groups in total. The molecule has 0 saturated heterocycles. The monoisotopic (exact) mass is 363 g/mol. The molecule has 1 aromatic rings. The molecule has 6 nitrogen and oxygen atoms in total. The summed E-state index contributed by atoms with van der Waals surface area (Å²) in [6, 6.07) is 6.85. The third kappa shape index (κ3) is 5.66. The Bertz CT molecular complexity index is 627. The molecule has 1 heterocycles. The molecule has 2 rings (SSSR count). The van der Waals surface area contributed by atoms with Crippen LogP contribution in [0.1, 0.15) is 64.6 Å². The van der Waals surface area contributed by atoms with Crippen molar-refractivity contribution in [3.8, 4) is 0 Å². The first-order valence-electron chi connectivity index (χ1n) is 8.89. The Balaban J connectivity index is 2.21. The molecule has 1 aliphatic rings. The van der Waals surface area contributed by atoms with Gasteiger partial charge in [-0.2, -0.15) is 0 Å². The number of hydrogen-bond donors (Lipinski definition) is 2. The number of carbonyl (C=O) groups is 1. The molecule has 0 bridgehead atoms. The molecule has 6 heteroatoms. The van der Waals surface area contributed by atoms with Crippen molar-refractivity contribution in [3.05, 3.63) is 47.9 Å². The average Bonchev–Trinajstić information content (AvgIpc) is 3.05. The summed E-state index contributed by atoms with van der Waals surface area (Å²) in [6.45, 7) is 9.48. The van der Waals surface area contributed by atoms with Crippen LogP contribution in [0.2, 0.25) is 0 Å². The summed E-state index contributed by atoms with van der Waals surface area (Å²) in [6.07, 6.45) is 1.47. The summed E-state index contributed by atoms with van der Waals surface area (Å²) < 4.78 is 16.2. The van der Waals surface area contributed by atoms with E-state index in [9.17, 15) is 9.90 Å². The lowest BCUT2D eigenvalue weighted by Gasteiger charge is -2.29. The van der Waals surface area contributed by atoms with Crippen LogP contribution in [-0.4, -0.2) is 22.8 Å². The van der Waals surface area contributed by atoms with Gasteiger partial charge in [0.05, 0.1) is 12.1 Å². The fourth-order valence-electron chi connectivity index (χ4n) is 2.83. The molecule has 0 unspecified atom stereocenters. The van der Waals surface area contributed by atoms with Gasteiger partial charge in [0.2, 0.25) is 0 Å². The number of alkyl carbamates (subject to hydrolysis) is 1. The van der Waals surface area contributed by atoms with Crippen LogP contribution < -0.4 is 5.32 Å². The highest BCUT2D eigenvalue weighted by Crippen LogP contribution is 2.32. The summed E-state index contributed by atoms with van der Waals surface area (Å²) in [5.74, 6) is 0.275. The van der Waals surface area contributed by atoms with Gasteiger partial charge in [-0.15, -0.1) is 0 Å². The van der Waals surface area contributed by atoms with Gasteiger partial charge in [0.15, 0.2) is 0 Å². The van der Waals surface area contributed by atoms with E-state index in [1.54, 1.807) is 20.8 Å². The molecular weight excluding hydrogens is 334 g/mol. The van der Waals surface area contributed by atoms with Crippen LogP contribution in [0.25, 0.3) is 0 Å². The number of hydrogen-bond acceptors (Lipinski definition) is 5. The standard InChI is InChI=1S/C20H29NO5/c1-13(2)12-16(21-19(23)26-20(3,4)5)17(22)14-8-6-7-9-15(14)18-24-10-11-25-18/h6-11,13,16-18,22H,12H2,1-5H3,(H,21,23)/t16-,17-/m1/s1. The van der Waals surface area contributed by atoms with Crippen molar-refractivity contribution in [2.24, 2.45) is 5.92 Å². The topological polar surface area (TPSA) is 77.0 Å². The van der Waals surface area contributed by atoms with Gasteiger partial charge in [0, 0.05) is 5.56 Å². The van der Waals surface area contributed by atoms with Gasteiger partial charge >= 0.3 is 6.09 Å². The molecule has 1 aliphatic heterocycles. The number of rotatable bonds is 6. The van der Waals surface area contributed by atoms with Crippen molar-refractivity contribution in [1.29, 1.82) is 0 Å². The maximum atomic E-state index is 12.2. The molecule has 0 aromatic heterocycles. The van der Waals surface area contributed by atoms with E-state index in [1.807, 2.05) is 38.1 Å². The van der Waals surface area contributed by atoms with E-state index in [0.29, 0.717) is 12.0 Å². The molecule has 0 radical (unpaired) electrons. The minimum Gasteiger partial charge on any atom is -0.455 e. The lowest BCUT2D eigenvalue weighted by molar-refractivity contribution is -0.0274. The van der Waals surface area contributed by atoms with Gasteiger partial charge in [0.25, 0.3) is 6.29 Å². The second-order valence-electron chi connectivity index (χ2n) is 7.83. The predicted molar refractivity (Wildman–Crippen MR) is 98.1 cm³/mol. The molecule has 144 valence electrons. The number of aliphatic hydroxyl groups excluding tert-OH is 1. The minimum absolute atomic E-state index is 0.275. The van der Waals surface area contributed by atoms with Gasteiger partial charge < -0.3 is 24.6 Å². The SMILES string of the molecule is CC(C)C[C@@H](NC(=O)OC(C)(C)C)[C@H](O)c1ccccc1C1OC=CO1. The van der Waals surface area contributed by atoms with Crippen LogP contribution in [0, 0.1) is 5.92 Å². The van der Waals surface area contributed by atoms with Gasteiger partial charge in [-0.25, -0.2) is 4.79 Å². The first-order valence-corrected chi connectivity index (χ1v) is 8.89. The number of aliphatic hydroxyl groups is 1. The second-order valence-corrected chi connectivity index (χ2v) is 7.83. The Morgan fingerprint density at radius 1 is 1.23 bits per heavy atom. The first kappa shape index (κ1) is 20.1. The van der Waals surface area contributed by atoms with Gasteiger partial charge in [-0.3, -0.25) is 0 Å². The van der Waals surface area contributed by atoms with E-state index in [0.717, 1.165) is 5.56 Å². The average molecular weight is 363 g/mol. The smallest absolute Gasteiger partial charge is 0.407 e. The zero-order chi connectivity index (χ0) is 19.3. The highest BCUT2D eigenvalue weighted by atomic mass is 16.7. The number of carbonyl (C=O) groups excluding carboxylic acids is 1. The van der Waals surface area contributed by atoms with E-state index < -0.39 is 30.1 Å². The molecular formula is C20H29NO5. The fraction of sp³-hybridized carbons (Fsp3) is 0.550. The summed E-state index contributed by atoms with van der Waals surface area (Å²) in [5.41, 5.74) is 0.777. The fourth-order valence-corrected chi connectivity index (χ4v) is 2.83. The van der Waals surface area contributed by atoms with E-state index in [-0.39, 0.29) is 5.92 Å². The second kappa shape index (κ2) is 8.45. The van der Waals surface area contributed by atoms with Crippen molar-refractivity contribution >= 4 is 6.09 Å². The van der Waals surface area contributed by atoms with E-state index in [4.69, 9.17) is 14.2 Å². The number of amides is 1. The Hall–Kier alpha value is -2.21. The van der Waals surface area contributed by atoms with Crippen molar-refractivity contribution in [3.63, 3.8) is 0 Å². The van der Waals surface area contributed by atoms with Crippen molar-refractivity contribution in [2.45, 2.75) is 65.1 Å². The van der Waals surface area contributed by atoms with E-state index in [1.165, 1.54) is 12.5 Å². The molecule has 2 atom stereocenters. The zero-order valence-corrected chi connectivity index (χ0v) is 16.1. The lowest BCUT2D eigenvalue weighted by Crippen LogP contribution is -2.43. The largest absolute Gasteiger partial charge is 0.455 e. The van der Waals surface area contributed by atoms with Crippen LogP contribution in [0.15, 0.2) is 36.8 Å². The summed E-state index contributed by atoms with van der Waals surface area (Å²) >= 11 is 0. The number of ether oxygens (including phenoxy) is 3. The zero-order valence-electron chi connectivity index (χ0n) is 16.1. The van der Waals surface area contributed by atoms with Crippen LogP contribution >= 0.6 is 0 Å². The third-order valence-corrected chi connectivity index (χ3v) is 3.84. The van der Waals surface area contributed by atoms with Crippen LogP contribution in [0.4, 0.5) is 4.79 Å². The van der Waals surface area contributed by atoms with Crippen LogP contribution in [0.3, 0.4) is 0 Å². The van der Waals surface area contributed by atoms with Crippen LogP contribution in [-0.2, 0) is 14.2 Å². The first-order chi connectivity index (χ1) is 12.2. The molecule has 0 spiro atoms. The Labute approximate surface area is 155 Å². The molecule has 1 aromatic carbocycles. The predicted octanol–water partition coefficient (Wildman–Crippen LogP) is 4.18. The van der Waals surface area contributed by atoms with Crippen molar-refractivity contribution in [2.75, 3.05) is 0 Å². The summed E-state index contributed by atoms with van der Waals surface area (Å²) in [5, 5.41) is 13.8. The van der Waals surface area contributed by atoms with E-state index in [2.05, 4.69) is 5.32 Å². The molecule has 0 saturated carbocycles. The molecule has 1 amide bonds. The van der Waals surface area contributed by atoms with Gasteiger partial charge in [0.1, 0.15) is 18.1 Å².